The van der Waals surface area contributed by atoms with Gasteiger partial charge in [0.2, 0.25) is 10.0 Å². The first-order valence-corrected chi connectivity index (χ1v) is 8.56. The van der Waals surface area contributed by atoms with E-state index in [1.54, 1.807) is 10.6 Å². The van der Waals surface area contributed by atoms with Crippen molar-refractivity contribution in [1.29, 1.82) is 0 Å². The predicted octanol–water partition coefficient (Wildman–Crippen LogP) is 1.43. The molecule has 6 heteroatoms. The van der Waals surface area contributed by atoms with Gasteiger partial charge in [-0.15, -0.1) is 0 Å². The number of hydrogen-bond donors (Lipinski definition) is 1. The molecule has 0 bridgehead atoms. The molecule has 1 N–H and O–H groups in total. The molecule has 1 saturated heterocycles. The zero-order chi connectivity index (χ0) is 13.9. The van der Waals surface area contributed by atoms with Gasteiger partial charge in [0.25, 0.3) is 0 Å². The van der Waals surface area contributed by atoms with E-state index in [1.807, 2.05) is 12.1 Å². The van der Waals surface area contributed by atoms with E-state index in [9.17, 15) is 8.42 Å². The third kappa shape index (κ3) is 3.81. The molecular weight excluding hydrogens is 264 g/mol. The first-order chi connectivity index (χ1) is 9.00. The van der Waals surface area contributed by atoms with Gasteiger partial charge >= 0.3 is 0 Å². The Labute approximate surface area is 115 Å². The van der Waals surface area contributed by atoms with Gasteiger partial charge in [-0.2, -0.15) is 0 Å². The van der Waals surface area contributed by atoms with E-state index in [1.165, 1.54) is 6.26 Å². The standard InChI is InChI=1S/C13H22N2O3S/c1-3-11-10-15(19(2,16)17)7-6-13(11)14-9-12-5-4-8-18-12/h4-5,8,11,13-14H,3,6-7,9-10H2,1-2H3/t11-,13-/m0/s1. The van der Waals surface area contributed by atoms with E-state index in [-0.39, 0.29) is 0 Å². The van der Waals surface area contributed by atoms with Crippen LogP contribution in [0.15, 0.2) is 22.8 Å². The molecule has 0 unspecified atom stereocenters. The molecule has 108 valence electrons. The maximum Gasteiger partial charge on any atom is 0.211 e. The third-order valence-electron chi connectivity index (χ3n) is 3.81. The molecule has 0 saturated carbocycles. The van der Waals surface area contributed by atoms with Crippen LogP contribution in [0.4, 0.5) is 0 Å². The van der Waals surface area contributed by atoms with Crippen molar-refractivity contribution in [1.82, 2.24) is 9.62 Å². The molecule has 2 atom stereocenters. The molecule has 1 fully saturated rings. The Morgan fingerprint density at radius 2 is 2.32 bits per heavy atom. The molecule has 0 spiro atoms. The lowest BCUT2D eigenvalue weighted by Crippen LogP contribution is -2.50. The number of nitrogens with one attached hydrogen (secondary N) is 1. The van der Waals surface area contributed by atoms with Crippen molar-refractivity contribution in [3.63, 3.8) is 0 Å². The summed E-state index contributed by atoms with van der Waals surface area (Å²) in [6, 6.07) is 4.17. The predicted molar refractivity (Wildman–Crippen MR) is 74.2 cm³/mol. The zero-order valence-corrected chi connectivity index (χ0v) is 12.3. The van der Waals surface area contributed by atoms with E-state index in [4.69, 9.17) is 4.42 Å². The van der Waals surface area contributed by atoms with Crippen LogP contribution in [0, 0.1) is 5.92 Å². The molecule has 0 aliphatic carbocycles. The molecule has 0 aromatic carbocycles. The van der Waals surface area contributed by atoms with E-state index < -0.39 is 10.0 Å². The number of hydrogen-bond acceptors (Lipinski definition) is 4. The number of rotatable bonds is 5. The minimum absolute atomic E-state index is 0.355. The second-order valence-electron chi connectivity index (χ2n) is 5.14. The maximum atomic E-state index is 11.6. The fourth-order valence-electron chi connectivity index (χ4n) is 2.63. The normalized spacial score (nSPS) is 25.6. The number of sulfonamides is 1. The monoisotopic (exact) mass is 286 g/mol. The van der Waals surface area contributed by atoms with Crippen LogP contribution >= 0.6 is 0 Å². The lowest BCUT2D eigenvalue weighted by atomic mass is 9.91. The first-order valence-electron chi connectivity index (χ1n) is 6.71. The van der Waals surface area contributed by atoms with Crippen molar-refractivity contribution >= 4 is 10.0 Å². The van der Waals surface area contributed by atoms with Gasteiger partial charge in [0, 0.05) is 19.1 Å². The summed E-state index contributed by atoms with van der Waals surface area (Å²) in [4.78, 5) is 0. The summed E-state index contributed by atoms with van der Waals surface area (Å²) in [5.41, 5.74) is 0. The molecule has 5 nitrogen and oxygen atoms in total. The summed E-state index contributed by atoms with van der Waals surface area (Å²) >= 11 is 0. The summed E-state index contributed by atoms with van der Waals surface area (Å²) in [7, 11) is -3.06. The van der Waals surface area contributed by atoms with Crippen LogP contribution in [0.2, 0.25) is 0 Å². The van der Waals surface area contributed by atoms with Gasteiger partial charge in [0.15, 0.2) is 0 Å². The first kappa shape index (κ1) is 14.6. The Morgan fingerprint density at radius 1 is 1.53 bits per heavy atom. The maximum absolute atomic E-state index is 11.6. The second kappa shape index (κ2) is 6.07. The lowest BCUT2D eigenvalue weighted by molar-refractivity contribution is 0.199. The largest absolute Gasteiger partial charge is 0.468 e. The summed E-state index contributed by atoms with van der Waals surface area (Å²) in [6.45, 7) is 4.03. The molecule has 0 radical (unpaired) electrons. The van der Waals surface area contributed by atoms with Crippen LogP contribution in [0.1, 0.15) is 25.5 Å². The quantitative estimate of drug-likeness (QED) is 0.889. The Hall–Kier alpha value is -0.850. The van der Waals surface area contributed by atoms with Gasteiger partial charge < -0.3 is 9.73 Å². The Balaban J connectivity index is 1.92. The third-order valence-corrected chi connectivity index (χ3v) is 5.08. The minimum Gasteiger partial charge on any atom is -0.468 e. The SMILES string of the molecule is CC[C@H]1CN(S(C)(=O)=O)CC[C@@H]1NCc1ccco1. The second-order valence-corrected chi connectivity index (χ2v) is 7.13. The minimum atomic E-state index is -3.06. The van der Waals surface area contributed by atoms with Gasteiger partial charge in [0.05, 0.1) is 19.1 Å². The molecule has 1 aromatic rings. The fourth-order valence-corrected chi connectivity index (χ4v) is 3.53. The van der Waals surface area contributed by atoms with Crippen molar-refractivity contribution in [3.05, 3.63) is 24.2 Å². The number of nitrogens with zero attached hydrogens (tertiary/aromatic N) is 1. The highest BCUT2D eigenvalue weighted by molar-refractivity contribution is 7.88. The van der Waals surface area contributed by atoms with E-state index in [0.717, 1.165) is 18.6 Å². The number of piperidine rings is 1. The molecule has 1 aliphatic rings. The number of furan rings is 1. The van der Waals surface area contributed by atoms with Crippen molar-refractivity contribution in [3.8, 4) is 0 Å². The van der Waals surface area contributed by atoms with Crippen LogP contribution in [0.5, 0.6) is 0 Å². The van der Waals surface area contributed by atoms with Crippen molar-refractivity contribution in [2.24, 2.45) is 5.92 Å². The average molecular weight is 286 g/mol. The van der Waals surface area contributed by atoms with Crippen molar-refractivity contribution < 1.29 is 12.8 Å². The van der Waals surface area contributed by atoms with Crippen LogP contribution < -0.4 is 5.32 Å². The summed E-state index contributed by atoms with van der Waals surface area (Å²) in [6.07, 6.45) is 4.78. The Morgan fingerprint density at radius 3 is 2.89 bits per heavy atom. The molecule has 1 aliphatic heterocycles. The summed E-state index contributed by atoms with van der Waals surface area (Å²) in [5.74, 6) is 1.28. The van der Waals surface area contributed by atoms with E-state index in [0.29, 0.717) is 31.6 Å². The highest BCUT2D eigenvalue weighted by Crippen LogP contribution is 2.22. The highest BCUT2D eigenvalue weighted by atomic mass is 32.2. The van der Waals surface area contributed by atoms with Gasteiger partial charge in [-0.25, -0.2) is 12.7 Å². The fraction of sp³-hybridized carbons (Fsp3) is 0.692. The lowest BCUT2D eigenvalue weighted by Gasteiger charge is -2.37. The molecule has 2 heterocycles. The highest BCUT2D eigenvalue weighted by Gasteiger charge is 2.31. The summed E-state index contributed by atoms with van der Waals surface area (Å²) < 4.78 is 30.1. The van der Waals surface area contributed by atoms with Gasteiger partial charge in [0.1, 0.15) is 5.76 Å². The Kier molecular flexibility index (Phi) is 4.65. The van der Waals surface area contributed by atoms with Gasteiger partial charge in [-0.1, -0.05) is 13.3 Å². The molecular formula is C13H22N2O3S. The van der Waals surface area contributed by atoms with Crippen LogP contribution in [0.3, 0.4) is 0 Å². The Bertz CT molecular complexity index is 484. The van der Waals surface area contributed by atoms with Crippen molar-refractivity contribution in [2.75, 3.05) is 19.3 Å². The van der Waals surface area contributed by atoms with E-state index >= 15 is 0 Å². The zero-order valence-electron chi connectivity index (χ0n) is 11.5. The topological polar surface area (TPSA) is 62.6 Å². The van der Waals surface area contributed by atoms with Gasteiger partial charge in [-0.3, -0.25) is 0 Å². The van der Waals surface area contributed by atoms with Crippen LogP contribution in [-0.2, 0) is 16.6 Å². The molecule has 0 amide bonds. The molecule has 1 aromatic heterocycles. The van der Waals surface area contributed by atoms with Crippen molar-refractivity contribution in [2.45, 2.75) is 32.4 Å². The van der Waals surface area contributed by atoms with E-state index in [2.05, 4.69) is 12.2 Å². The van der Waals surface area contributed by atoms with Crippen LogP contribution in [-0.4, -0.2) is 38.1 Å². The smallest absolute Gasteiger partial charge is 0.211 e. The van der Waals surface area contributed by atoms with Gasteiger partial charge in [-0.05, 0) is 24.5 Å². The average Bonchev–Trinajstić information content (AvgIpc) is 2.88. The summed E-state index contributed by atoms with van der Waals surface area (Å²) in [5, 5.41) is 3.48. The van der Waals surface area contributed by atoms with Crippen LogP contribution in [0.25, 0.3) is 0 Å². The molecule has 19 heavy (non-hydrogen) atoms. The molecule has 2 rings (SSSR count).